The fourth-order valence-corrected chi connectivity index (χ4v) is 3.95. The Kier molecular flexibility index (Phi) is 7.22. The molecule has 0 spiro atoms. The number of nitrogens with one attached hydrogen (secondary N) is 1. The van der Waals surface area contributed by atoms with Gasteiger partial charge in [-0.2, -0.15) is 0 Å². The van der Waals surface area contributed by atoms with Gasteiger partial charge >= 0.3 is 5.97 Å². The van der Waals surface area contributed by atoms with Gasteiger partial charge in [0.05, 0.1) is 23.5 Å². The second-order valence-corrected chi connectivity index (χ2v) is 7.92. The van der Waals surface area contributed by atoms with Crippen molar-refractivity contribution in [3.63, 3.8) is 0 Å². The minimum atomic E-state index is -0.442. The molecule has 2 amide bonds. The molecule has 0 aliphatic carbocycles. The second kappa shape index (κ2) is 10.7. The first-order chi connectivity index (χ1) is 16.6. The number of ether oxygens (including phenoxy) is 1. The van der Waals surface area contributed by atoms with E-state index in [1.807, 2.05) is 47.4 Å². The van der Waals surface area contributed by atoms with Crippen LogP contribution >= 0.6 is 0 Å². The Bertz CT molecular complexity index is 1160. The van der Waals surface area contributed by atoms with E-state index >= 15 is 0 Å². The molecule has 0 atom stereocenters. The van der Waals surface area contributed by atoms with E-state index in [2.05, 4.69) is 10.2 Å². The molecule has 1 heterocycles. The van der Waals surface area contributed by atoms with E-state index in [0.717, 1.165) is 5.69 Å². The number of hydrogen-bond donors (Lipinski definition) is 1. The fraction of sp³-hybridized carbons (Fsp3) is 0.222. The maximum Gasteiger partial charge on any atom is 0.338 e. The van der Waals surface area contributed by atoms with Gasteiger partial charge in [-0.3, -0.25) is 9.59 Å². The van der Waals surface area contributed by atoms with Crippen molar-refractivity contribution in [1.29, 1.82) is 0 Å². The van der Waals surface area contributed by atoms with Gasteiger partial charge in [0, 0.05) is 37.3 Å². The molecule has 1 saturated heterocycles. The van der Waals surface area contributed by atoms with E-state index in [4.69, 9.17) is 4.74 Å². The van der Waals surface area contributed by atoms with Crippen LogP contribution in [0.15, 0.2) is 78.9 Å². The van der Waals surface area contributed by atoms with Crippen LogP contribution < -0.4 is 10.2 Å². The summed E-state index contributed by atoms with van der Waals surface area (Å²) in [6.07, 6.45) is 0. The Hall–Kier alpha value is -4.13. The third kappa shape index (κ3) is 5.26. The summed E-state index contributed by atoms with van der Waals surface area (Å²) in [6, 6.07) is 23.3. The molecule has 7 heteroatoms. The summed E-state index contributed by atoms with van der Waals surface area (Å²) < 4.78 is 5.13. The highest BCUT2D eigenvalue weighted by Crippen LogP contribution is 2.29. The van der Waals surface area contributed by atoms with Gasteiger partial charge in [-0.1, -0.05) is 36.4 Å². The van der Waals surface area contributed by atoms with Crippen molar-refractivity contribution in [3.05, 3.63) is 95.6 Å². The lowest BCUT2D eigenvalue weighted by atomic mass is 10.1. The molecule has 174 valence electrons. The Morgan fingerprint density at radius 3 is 2.03 bits per heavy atom. The predicted octanol–water partition coefficient (Wildman–Crippen LogP) is 4.08. The number of benzene rings is 3. The second-order valence-electron chi connectivity index (χ2n) is 7.92. The van der Waals surface area contributed by atoms with Crippen molar-refractivity contribution in [1.82, 2.24) is 4.90 Å². The molecule has 1 aliphatic rings. The van der Waals surface area contributed by atoms with Crippen LogP contribution in [0, 0.1) is 0 Å². The molecule has 0 saturated carbocycles. The minimum Gasteiger partial charge on any atom is -0.462 e. The number of carbonyl (C=O) groups excluding carboxylic acids is 3. The summed E-state index contributed by atoms with van der Waals surface area (Å²) in [6.45, 7) is 4.33. The van der Waals surface area contributed by atoms with Gasteiger partial charge in [0.2, 0.25) is 0 Å². The quantitative estimate of drug-likeness (QED) is 0.565. The minimum absolute atomic E-state index is 0.00973. The summed E-state index contributed by atoms with van der Waals surface area (Å²) in [7, 11) is 0. The molecular formula is C27H27N3O4. The van der Waals surface area contributed by atoms with Gasteiger partial charge < -0.3 is 19.9 Å². The van der Waals surface area contributed by atoms with Crippen molar-refractivity contribution >= 4 is 29.2 Å². The zero-order valence-electron chi connectivity index (χ0n) is 19.1. The topological polar surface area (TPSA) is 79.0 Å². The summed E-state index contributed by atoms with van der Waals surface area (Å²) in [5, 5.41) is 2.95. The van der Waals surface area contributed by atoms with Crippen LogP contribution in [-0.4, -0.2) is 55.5 Å². The number of hydrogen-bond acceptors (Lipinski definition) is 5. The monoisotopic (exact) mass is 457 g/mol. The maximum atomic E-state index is 12.9. The van der Waals surface area contributed by atoms with Gasteiger partial charge in [-0.25, -0.2) is 4.79 Å². The molecule has 0 radical (unpaired) electrons. The standard InChI is InChI=1S/C27H27N3O4/c1-2-34-27(33)22-13-14-24(23(19-22)28-25(31)20-9-5-3-6-10-20)29-15-17-30(18-16-29)26(32)21-11-7-4-8-12-21/h3-14,19H,2,15-18H2,1H3,(H,28,31). The average Bonchev–Trinajstić information content (AvgIpc) is 2.89. The largest absolute Gasteiger partial charge is 0.462 e. The Morgan fingerprint density at radius 2 is 1.41 bits per heavy atom. The van der Waals surface area contributed by atoms with Crippen LogP contribution in [0.3, 0.4) is 0 Å². The Labute approximate surface area is 198 Å². The van der Waals surface area contributed by atoms with E-state index < -0.39 is 5.97 Å². The highest BCUT2D eigenvalue weighted by atomic mass is 16.5. The van der Waals surface area contributed by atoms with Crippen LogP contribution in [0.1, 0.15) is 38.0 Å². The molecule has 0 unspecified atom stereocenters. The number of nitrogens with zero attached hydrogens (tertiary/aromatic N) is 2. The highest BCUT2D eigenvalue weighted by Gasteiger charge is 2.24. The number of anilines is 2. The number of rotatable bonds is 6. The molecule has 3 aromatic rings. The van der Waals surface area contributed by atoms with Crippen molar-refractivity contribution in [2.24, 2.45) is 0 Å². The number of piperazine rings is 1. The first kappa shape index (κ1) is 23.0. The van der Waals surface area contributed by atoms with Crippen LogP contribution in [-0.2, 0) is 4.74 Å². The molecule has 1 aliphatic heterocycles. The van der Waals surface area contributed by atoms with Crippen molar-refractivity contribution < 1.29 is 19.1 Å². The third-order valence-electron chi connectivity index (χ3n) is 5.72. The van der Waals surface area contributed by atoms with E-state index in [9.17, 15) is 14.4 Å². The van der Waals surface area contributed by atoms with E-state index in [-0.39, 0.29) is 18.4 Å². The van der Waals surface area contributed by atoms with Crippen LogP contribution in [0.2, 0.25) is 0 Å². The van der Waals surface area contributed by atoms with Gasteiger partial charge in [0.1, 0.15) is 0 Å². The molecule has 0 bridgehead atoms. The first-order valence-corrected chi connectivity index (χ1v) is 11.3. The summed E-state index contributed by atoms with van der Waals surface area (Å²) >= 11 is 0. The van der Waals surface area contributed by atoms with Gasteiger partial charge in [0.15, 0.2) is 0 Å². The zero-order valence-corrected chi connectivity index (χ0v) is 19.1. The molecule has 0 aromatic heterocycles. The zero-order chi connectivity index (χ0) is 23.9. The molecule has 4 rings (SSSR count). The number of esters is 1. The molecular weight excluding hydrogens is 430 g/mol. The molecule has 34 heavy (non-hydrogen) atoms. The van der Waals surface area contributed by atoms with E-state index in [0.29, 0.717) is 48.6 Å². The van der Waals surface area contributed by atoms with Crippen molar-refractivity contribution in [3.8, 4) is 0 Å². The lowest BCUT2D eigenvalue weighted by Gasteiger charge is -2.37. The van der Waals surface area contributed by atoms with Crippen molar-refractivity contribution in [2.75, 3.05) is 43.0 Å². The predicted molar refractivity (Wildman–Crippen MR) is 131 cm³/mol. The van der Waals surface area contributed by atoms with Crippen LogP contribution in [0.5, 0.6) is 0 Å². The van der Waals surface area contributed by atoms with E-state index in [1.165, 1.54) is 0 Å². The summed E-state index contributed by atoms with van der Waals surface area (Å²) in [5.74, 6) is -0.696. The molecule has 3 aromatic carbocycles. The SMILES string of the molecule is CCOC(=O)c1ccc(N2CCN(C(=O)c3ccccc3)CC2)c(NC(=O)c2ccccc2)c1. The fourth-order valence-electron chi connectivity index (χ4n) is 3.95. The normalized spacial score (nSPS) is 13.3. The highest BCUT2D eigenvalue weighted by molar-refractivity contribution is 6.07. The van der Waals surface area contributed by atoms with Gasteiger partial charge in [-0.05, 0) is 49.4 Å². The lowest BCUT2D eigenvalue weighted by Crippen LogP contribution is -2.49. The number of carbonyl (C=O) groups is 3. The average molecular weight is 458 g/mol. The van der Waals surface area contributed by atoms with Gasteiger partial charge in [-0.15, -0.1) is 0 Å². The van der Waals surface area contributed by atoms with Crippen LogP contribution in [0.25, 0.3) is 0 Å². The Balaban J connectivity index is 1.54. The molecule has 1 fully saturated rings. The summed E-state index contributed by atoms with van der Waals surface area (Å²) in [5.41, 5.74) is 2.89. The Morgan fingerprint density at radius 1 is 0.794 bits per heavy atom. The number of amides is 2. The smallest absolute Gasteiger partial charge is 0.338 e. The van der Waals surface area contributed by atoms with Gasteiger partial charge in [0.25, 0.3) is 11.8 Å². The summed E-state index contributed by atoms with van der Waals surface area (Å²) in [4.78, 5) is 41.9. The lowest BCUT2D eigenvalue weighted by molar-refractivity contribution is 0.0526. The van der Waals surface area contributed by atoms with Crippen LogP contribution in [0.4, 0.5) is 11.4 Å². The van der Waals surface area contributed by atoms with E-state index in [1.54, 1.807) is 43.3 Å². The van der Waals surface area contributed by atoms with Crippen molar-refractivity contribution in [2.45, 2.75) is 6.92 Å². The maximum absolute atomic E-state index is 12.9. The molecule has 7 nitrogen and oxygen atoms in total. The first-order valence-electron chi connectivity index (χ1n) is 11.3. The molecule has 1 N–H and O–H groups in total. The third-order valence-corrected chi connectivity index (χ3v) is 5.72.